The molecule has 0 unspecified atom stereocenters. The Kier molecular flexibility index (Phi) is 4.00. The molecule has 3 rings (SSSR count). The lowest BCUT2D eigenvalue weighted by Crippen LogP contribution is -2.66. The van der Waals surface area contributed by atoms with Gasteiger partial charge in [-0.3, -0.25) is 4.79 Å². The maximum absolute atomic E-state index is 12.5. The third kappa shape index (κ3) is 2.70. The molecule has 1 atom stereocenters. The van der Waals surface area contributed by atoms with Gasteiger partial charge in [0, 0.05) is 25.9 Å². The van der Waals surface area contributed by atoms with E-state index in [1.807, 2.05) is 36.1 Å². The SMILES string of the molecule is COCC[C@@H]1CCOC12CN(C(=O)c1cccc(C)c1)C2. The second-order valence-electron chi connectivity index (χ2n) is 6.21. The van der Waals surface area contributed by atoms with Crippen LogP contribution in [-0.4, -0.2) is 49.8 Å². The zero-order chi connectivity index (χ0) is 14.9. The van der Waals surface area contributed by atoms with Gasteiger partial charge in [0.15, 0.2) is 0 Å². The van der Waals surface area contributed by atoms with Crippen molar-refractivity contribution in [2.45, 2.75) is 25.4 Å². The zero-order valence-corrected chi connectivity index (χ0v) is 12.8. The fraction of sp³-hybridized carbons (Fsp3) is 0.588. The Morgan fingerprint density at radius 3 is 3.00 bits per heavy atom. The van der Waals surface area contributed by atoms with Crippen LogP contribution in [0.1, 0.15) is 28.8 Å². The van der Waals surface area contributed by atoms with Crippen LogP contribution in [0.2, 0.25) is 0 Å². The third-order valence-electron chi connectivity index (χ3n) is 4.74. The van der Waals surface area contributed by atoms with Crippen LogP contribution >= 0.6 is 0 Å². The van der Waals surface area contributed by atoms with Crippen LogP contribution < -0.4 is 0 Å². The number of hydrogen-bond acceptors (Lipinski definition) is 3. The Balaban J connectivity index is 1.63. The quantitative estimate of drug-likeness (QED) is 0.853. The first-order valence-electron chi connectivity index (χ1n) is 7.63. The Bertz CT molecular complexity index is 523. The molecule has 2 aliphatic rings. The molecular weight excluding hydrogens is 266 g/mol. The Hall–Kier alpha value is -1.39. The molecule has 1 amide bonds. The van der Waals surface area contributed by atoms with Gasteiger partial charge < -0.3 is 14.4 Å². The topological polar surface area (TPSA) is 38.8 Å². The van der Waals surface area contributed by atoms with E-state index in [0.29, 0.717) is 19.0 Å². The summed E-state index contributed by atoms with van der Waals surface area (Å²) in [7, 11) is 1.73. The van der Waals surface area contributed by atoms with Gasteiger partial charge in [-0.1, -0.05) is 17.7 Å². The summed E-state index contributed by atoms with van der Waals surface area (Å²) in [5, 5.41) is 0. The summed E-state index contributed by atoms with van der Waals surface area (Å²) in [5.74, 6) is 0.629. The number of carbonyl (C=O) groups excluding carboxylic acids is 1. The summed E-state index contributed by atoms with van der Waals surface area (Å²) in [6, 6.07) is 7.78. The first kappa shape index (κ1) is 14.5. The van der Waals surface area contributed by atoms with Gasteiger partial charge in [-0.2, -0.15) is 0 Å². The van der Waals surface area contributed by atoms with Gasteiger partial charge in [-0.15, -0.1) is 0 Å². The number of hydrogen-bond donors (Lipinski definition) is 0. The highest BCUT2D eigenvalue weighted by Crippen LogP contribution is 2.42. The molecule has 2 fully saturated rings. The maximum atomic E-state index is 12.5. The van der Waals surface area contributed by atoms with E-state index < -0.39 is 0 Å². The molecule has 114 valence electrons. The number of nitrogens with zero attached hydrogens (tertiary/aromatic N) is 1. The maximum Gasteiger partial charge on any atom is 0.254 e. The van der Waals surface area contributed by atoms with Gasteiger partial charge in [-0.25, -0.2) is 0 Å². The smallest absolute Gasteiger partial charge is 0.254 e. The molecule has 1 aromatic rings. The molecule has 1 aromatic carbocycles. The monoisotopic (exact) mass is 289 g/mol. The molecule has 2 saturated heterocycles. The average Bonchev–Trinajstić information content (AvgIpc) is 2.86. The molecule has 0 aliphatic carbocycles. The standard InChI is InChI=1S/C17H23NO3/c1-13-4-3-5-14(10-13)16(19)18-11-17(12-18)15(6-8-20-2)7-9-21-17/h3-5,10,15H,6-9,11-12H2,1-2H3/t15-/m1/s1. The summed E-state index contributed by atoms with van der Waals surface area (Å²) >= 11 is 0. The minimum Gasteiger partial charge on any atom is -0.385 e. The van der Waals surface area contributed by atoms with Gasteiger partial charge >= 0.3 is 0 Å². The van der Waals surface area contributed by atoms with E-state index >= 15 is 0 Å². The number of rotatable bonds is 4. The number of methoxy groups -OCH3 is 1. The number of carbonyl (C=O) groups is 1. The summed E-state index contributed by atoms with van der Waals surface area (Å²) < 4.78 is 11.2. The molecule has 0 aromatic heterocycles. The van der Waals surface area contributed by atoms with Crippen molar-refractivity contribution in [3.8, 4) is 0 Å². The fourth-order valence-corrected chi connectivity index (χ4v) is 3.51. The minimum atomic E-state index is -0.113. The molecule has 4 heteroatoms. The van der Waals surface area contributed by atoms with Crippen LogP contribution in [0.25, 0.3) is 0 Å². The van der Waals surface area contributed by atoms with Crippen molar-refractivity contribution >= 4 is 5.91 Å². The molecule has 0 radical (unpaired) electrons. The first-order chi connectivity index (χ1) is 10.1. The molecule has 0 saturated carbocycles. The molecule has 21 heavy (non-hydrogen) atoms. The van der Waals surface area contributed by atoms with Gasteiger partial charge in [0.25, 0.3) is 5.91 Å². The molecule has 0 N–H and O–H groups in total. The largest absolute Gasteiger partial charge is 0.385 e. The predicted octanol–water partition coefficient (Wildman–Crippen LogP) is 2.26. The summed E-state index contributed by atoms with van der Waals surface area (Å²) in [6.07, 6.45) is 2.10. The minimum absolute atomic E-state index is 0.113. The van der Waals surface area contributed by atoms with Gasteiger partial charge in [0.1, 0.15) is 5.60 Å². The van der Waals surface area contributed by atoms with E-state index in [1.165, 1.54) is 0 Å². The molecule has 1 spiro atoms. The van der Waals surface area contributed by atoms with E-state index in [0.717, 1.165) is 37.2 Å². The molecule has 0 bridgehead atoms. The zero-order valence-electron chi connectivity index (χ0n) is 12.8. The lowest BCUT2D eigenvalue weighted by Gasteiger charge is -2.50. The van der Waals surface area contributed by atoms with E-state index in [2.05, 4.69) is 0 Å². The molecule has 2 heterocycles. The van der Waals surface area contributed by atoms with Crippen LogP contribution in [-0.2, 0) is 9.47 Å². The Morgan fingerprint density at radius 1 is 1.48 bits per heavy atom. The lowest BCUT2D eigenvalue weighted by atomic mass is 9.79. The van der Waals surface area contributed by atoms with E-state index in [9.17, 15) is 4.79 Å². The molecular formula is C17H23NO3. The summed E-state index contributed by atoms with van der Waals surface area (Å²) in [5.41, 5.74) is 1.78. The van der Waals surface area contributed by atoms with Crippen LogP contribution in [0, 0.1) is 12.8 Å². The van der Waals surface area contributed by atoms with E-state index in [4.69, 9.17) is 9.47 Å². The highest BCUT2D eigenvalue weighted by Gasteiger charge is 2.54. The number of amides is 1. The van der Waals surface area contributed by atoms with Crippen molar-refractivity contribution in [2.75, 3.05) is 33.4 Å². The third-order valence-corrected chi connectivity index (χ3v) is 4.74. The second-order valence-corrected chi connectivity index (χ2v) is 6.21. The van der Waals surface area contributed by atoms with Crippen molar-refractivity contribution in [3.05, 3.63) is 35.4 Å². The van der Waals surface area contributed by atoms with Crippen molar-refractivity contribution in [3.63, 3.8) is 0 Å². The van der Waals surface area contributed by atoms with Crippen molar-refractivity contribution in [2.24, 2.45) is 5.92 Å². The molecule has 4 nitrogen and oxygen atoms in total. The van der Waals surface area contributed by atoms with E-state index in [1.54, 1.807) is 7.11 Å². The van der Waals surface area contributed by atoms with Crippen LogP contribution in [0.3, 0.4) is 0 Å². The number of benzene rings is 1. The van der Waals surface area contributed by atoms with Gasteiger partial charge in [0.05, 0.1) is 13.1 Å². The van der Waals surface area contributed by atoms with Crippen molar-refractivity contribution in [1.82, 2.24) is 4.90 Å². The fourth-order valence-electron chi connectivity index (χ4n) is 3.51. The van der Waals surface area contributed by atoms with Crippen LogP contribution in [0.4, 0.5) is 0 Å². The summed E-state index contributed by atoms with van der Waals surface area (Å²) in [4.78, 5) is 14.4. The van der Waals surface area contributed by atoms with E-state index in [-0.39, 0.29) is 11.5 Å². The van der Waals surface area contributed by atoms with Gasteiger partial charge in [0.2, 0.25) is 0 Å². The molecule has 2 aliphatic heterocycles. The lowest BCUT2D eigenvalue weighted by molar-refractivity contribution is -0.120. The number of aryl methyl sites for hydroxylation is 1. The van der Waals surface area contributed by atoms with Crippen molar-refractivity contribution in [1.29, 1.82) is 0 Å². The number of likely N-dealkylation sites (tertiary alicyclic amines) is 1. The average molecular weight is 289 g/mol. The van der Waals surface area contributed by atoms with Gasteiger partial charge in [-0.05, 0) is 37.8 Å². The predicted molar refractivity (Wildman–Crippen MR) is 80.4 cm³/mol. The van der Waals surface area contributed by atoms with Crippen molar-refractivity contribution < 1.29 is 14.3 Å². The Morgan fingerprint density at radius 2 is 2.29 bits per heavy atom. The first-order valence-corrected chi connectivity index (χ1v) is 7.63. The normalized spacial score (nSPS) is 23.3. The number of ether oxygens (including phenoxy) is 2. The Labute approximate surface area is 126 Å². The second kappa shape index (κ2) is 5.78. The highest BCUT2D eigenvalue weighted by atomic mass is 16.5. The van der Waals surface area contributed by atoms with Crippen LogP contribution in [0.5, 0.6) is 0 Å². The highest BCUT2D eigenvalue weighted by molar-refractivity contribution is 5.95. The summed E-state index contributed by atoms with van der Waals surface area (Å²) in [6.45, 7) is 5.01. The van der Waals surface area contributed by atoms with Crippen LogP contribution in [0.15, 0.2) is 24.3 Å².